The molecule has 0 aliphatic carbocycles. The van der Waals surface area contributed by atoms with Crippen LogP contribution in [0.2, 0.25) is 0 Å². The fourth-order valence-corrected chi connectivity index (χ4v) is 4.07. The molecule has 0 amide bonds. The smallest absolute Gasteiger partial charge is 0.257 e. The lowest BCUT2D eigenvalue weighted by Crippen LogP contribution is -2.23. The highest BCUT2D eigenvalue weighted by atomic mass is 32.1. The van der Waals surface area contributed by atoms with E-state index in [9.17, 15) is 0 Å². The van der Waals surface area contributed by atoms with E-state index in [0.717, 1.165) is 42.4 Å². The van der Waals surface area contributed by atoms with Gasteiger partial charge < -0.3 is 9.15 Å². The van der Waals surface area contributed by atoms with Crippen LogP contribution < -0.4 is 4.74 Å². The summed E-state index contributed by atoms with van der Waals surface area (Å²) >= 11 is 1.68. The van der Waals surface area contributed by atoms with Gasteiger partial charge in [-0.2, -0.15) is 0 Å². The molecule has 0 radical (unpaired) electrons. The second-order valence-electron chi connectivity index (χ2n) is 6.33. The van der Waals surface area contributed by atoms with Crippen molar-refractivity contribution >= 4 is 11.3 Å². The van der Waals surface area contributed by atoms with Crippen molar-refractivity contribution in [2.24, 2.45) is 0 Å². The van der Waals surface area contributed by atoms with Crippen LogP contribution in [-0.2, 0) is 6.54 Å². The molecular formula is C19H21N3O2S. The highest BCUT2D eigenvalue weighted by Crippen LogP contribution is 2.35. The first-order valence-corrected chi connectivity index (χ1v) is 9.32. The predicted octanol–water partition coefficient (Wildman–Crippen LogP) is 4.45. The van der Waals surface area contributed by atoms with E-state index >= 15 is 0 Å². The minimum absolute atomic E-state index is 0.199. The maximum Gasteiger partial charge on any atom is 0.257 e. The van der Waals surface area contributed by atoms with E-state index in [2.05, 4.69) is 40.2 Å². The molecule has 0 spiro atoms. The Balaban J connectivity index is 1.50. The number of benzene rings is 1. The summed E-state index contributed by atoms with van der Waals surface area (Å²) in [5.74, 6) is 2.24. The molecule has 5 nitrogen and oxygen atoms in total. The number of aryl methyl sites for hydroxylation is 1. The van der Waals surface area contributed by atoms with E-state index in [4.69, 9.17) is 9.15 Å². The zero-order chi connectivity index (χ0) is 17.2. The van der Waals surface area contributed by atoms with Gasteiger partial charge in [-0.25, -0.2) is 0 Å². The Labute approximate surface area is 151 Å². The number of nitrogens with zero attached hydrogens (tertiary/aromatic N) is 3. The molecule has 25 heavy (non-hydrogen) atoms. The molecule has 6 heteroatoms. The maximum absolute atomic E-state index is 6.00. The second-order valence-corrected chi connectivity index (χ2v) is 7.62. The van der Waals surface area contributed by atoms with Crippen molar-refractivity contribution in [3.05, 3.63) is 52.7 Å². The molecule has 3 heterocycles. The molecule has 3 aromatic rings. The van der Waals surface area contributed by atoms with Crippen molar-refractivity contribution in [1.82, 2.24) is 15.1 Å². The number of hydrogen-bond donors (Lipinski definition) is 0. The van der Waals surface area contributed by atoms with Crippen LogP contribution >= 0.6 is 11.3 Å². The number of rotatable bonds is 5. The highest BCUT2D eigenvalue weighted by Gasteiger charge is 2.30. The molecule has 1 atom stereocenters. The van der Waals surface area contributed by atoms with Crippen molar-refractivity contribution in [2.45, 2.75) is 32.4 Å². The molecule has 1 aromatic carbocycles. The van der Waals surface area contributed by atoms with Crippen LogP contribution in [0.3, 0.4) is 0 Å². The van der Waals surface area contributed by atoms with Crippen LogP contribution in [-0.4, -0.2) is 28.8 Å². The van der Waals surface area contributed by atoms with E-state index in [1.54, 1.807) is 18.4 Å². The Kier molecular flexibility index (Phi) is 4.55. The Morgan fingerprint density at radius 1 is 1.20 bits per heavy atom. The molecular weight excluding hydrogens is 334 g/mol. The fourth-order valence-electron chi connectivity index (χ4n) is 3.28. The molecule has 0 saturated carbocycles. The molecule has 1 fully saturated rings. The highest BCUT2D eigenvalue weighted by molar-refractivity contribution is 7.15. The largest absolute Gasteiger partial charge is 0.497 e. The zero-order valence-electron chi connectivity index (χ0n) is 14.4. The first-order valence-electron chi connectivity index (χ1n) is 8.50. The van der Waals surface area contributed by atoms with Crippen LogP contribution in [0.15, 0.2) is 40.8 Å². The fraction of sp³-hybridized carbons (Fsp3) is 0.368. The summed E-state index contributed by atoms with van der Waals surface area (Å²) in [5, 5.41) is 8.59. The Hall–Kier alpha value is -2.18. The first-order chi connectivity index (χ1) is 12.2. The quantitative estimate of drug-likeness (QED) is 0.677. The summed E-state index contributed by atoms with van der Waals surface area (Å²) in [4.78, 5) is 4.70. The van der Waals surface area contributed by atoms with Gasteiger partial charge in [0, 0.05) is 11.4 Å². The monoisotopic (exact) mass is 355 g/mol. The number of likely N-dealkylation sites (tertiary alicyclic amines) is 1. The van der Waals surface area contributed by atoms with Gasteiger partial charge in [0.05, 0.1) is 18.0 Å². The van der Waals surface area contributed by atoms with Crippen LogP contribution in [0.5, 0.6) is 5.75 Å². The van der Waals surface area contributed by atoms with E-state index < -0.39 is 0 Å². The van der Waals surface area contributed by atoms with Crippen molar-refractivity contribution in [2.75, 3.05) is 13.7 Å². The molecule has 1 saturated heterocycles. The summed E-state index contributed by atoms with van der Waals surface area (Å²) in [5.41, 5.74) is 1.27. The third-order valence-electron chi connectivity index (χ3n) is 4.59. The standard InChI is InChI=1S/C19H21N3O2S/c1-13-5-10-17(25-13)19-21-20-18(24-19)16-4-3-11-22(16)12-14-6-8-15(23-2)9-7-14/h5-10,16H,3-4,11-12H2,1-2H3/t16-/m0/s1. The second kappa shape index (κ2) is 6.98. The van der Waals surface area contributed by atoms with E-state index in [-0.39, 0.29) is 6.04 Å². The summed E-state index contributed by atoms with van der Waals surface area (Å²) in [6, 6.07) is 12.6. The van der Waals surface area contributed by atoms with Gasteiger partial charge in [-0.3, -0.25) is 4.90 Å². The van der Waals surface area contributed by atoms with Gasteiger partial charge in [-0.15, -0.1) is 21.5 Å². The van der Waals surface area contributed by atoms with Gasteiger partial charge in [0.2, 0.25) is 5.89 Å². The van der Waals surface area contributed by atoms with E-state index in [0.29, 0.717) is 5.89 Å². The lowest BCUT2D eigenvalue weighted by atomic mass is 10.1. The Morgan fingerprint density at radius 3 is 2.76 bits per heavy atom. The summed E-state index contributed by atoms with van der Waals surface area (Å²) in [6.45, 7) is 4.01. The molecule has 0 bridgehead atoms. The van der Waals surface area contributed by atoms with Gasteiger partial charge in [0.1, 0.15) is 5.75 Å². The molecule has 130 valence electrons. The number of aromatic nitrogens is 2. The zero-order valence-corrected chi connectivity index (χ0v) is 15.3. The third kappa shape index (κ3) is 3.45. The normalized spacial score (nSPS) is 17.9. The maximum atomic E-state index is 6.00. The minimum atomic E-state index is 0.199. The van der Waals surface area contributed by atoms with Crippen LogP contribution in [0, 0.1) is 6.92 Å². The van der Waals surface area contributed by atoms with Gasteiger partial charge in [-0.05, 0) is 56.1 Å². The summed E-state index contributed by atoms with van der Waals surface area (Å²) in [7, 11) is 1.69. The molecule has 1 aliphatic rings. The van der Waals surface area contributed by atoms with Crippen molar-refractivity contribution < 1.29 is 9.15 Å². The Morgan fingerprint density at radius 2 is 2.04 bits per heavy atom. The van der Waals surface area contributed by atoms with Crippen LogP contribution in [0.25, 0.3) is 10.8 Å². The first kappa shape index (κ1) is 16.3. The average molecular weight is 355 g/mol. The Bertz CT molecular complexity index is 840. The van der Waals surface area contributed by atoms with Gasteiger partial charge >= 0.3 is 0 Å². The summed E-state index contributed by atoms with van der Waals surface area (Å²) in [6.07, 6.45) is 2.21. The van der Waals surface area contributed by atoms with Crippen molar-refractivity contribution in [3.63, 3.8) is 0 Å². The number of hydrogen-bond acceptors (Lipinski definition) is 6. The van der Waals surface area contributed by atoms with Gasteiger partial charge in [0.15, 0.2) is 0 Å². The third-order valence-corrected chi connectivity index (χ3v) is 5.57. The van der Waals surface area contributed by atoms with Crippen LogP contribution in [0.1, 0.15) is 35.2 Å². The number of ether oxygens (including phenoxy) is 1. The van der Waals surface area contributed by atoms with E-state index in [1.165, 1.54) is 10.4 Å². The molecule has 0 unspecified atom stereocenters. The SMILES string of the molecule is COc1ccc(CN2CCC[C@H]2c2nnc(-c3ccc(C)s3)o2)cc1. The number of thiophene rings is 1. The van der Waals surface area contributed by atoms with Crippen LogP contribution in [0.4, 0.5) is 0 Å². The molecule has 2 aromatic heterocycles. The lowest BCUT2D eigenvalue weighted by Gasteiger charge is -2.21. The van der Waals surface area contributed by atoms with Crippen molar-refractivity contribution in [3.8, 4) is 16.5 Å². The van der Waals surface area contributed by atoms with Gasteiger partial charge in [-0.1, -0.05) is 12.1 Å². The van der Waals surface area contributed by atoms with E-state index in [1.807, 2.05) is 18.2 Å². The average Bonchev–Trinajstić information content (AvgIpc) is 3.35. The molecule has 0 N–H and O–H groups in total. The number of methoxy groups -OCH3 is 1. The predicted molar refractivity (Wildman–Crippen MR) is 97.7 cm³/mol. The lowest BCUT2D eigenvalue weighted by molar-refractivity contribution is 0.215. The molecule has 1 aliphatic heterocycles. The summed E-state index contributed by atoms with van der Waals surface area (Å²) < 4.78 is 11.2. The topological polar surface area (TPSA) is 51.4 Å². The van der Waals surface area contributed by atoms with Gasteiger partial charge in [0.25, 0.3) is 5.89 Å². The minimum Gasteiger partial charge on any atom is -0.497 e. The van der Waals surface area contributed by atoms with Crippen molar-refractivity contribution in [1.29, 1.82) is 0 Å². The molecule has 4 rings (SSSR count).